The van der Waals surface area contributed by atoms with Crippen molar-refractivity contribution in [2.75, 3.05) is 17.8 Å². The number of aliphatic hydroxyl groups is 1. The van der Waals surface area contributed by atoms with Crippen molar-refractivity contribution in [3.8, 4) is 11.3 Å². The average Bonchev–Trinajstić information content (AvgIpc) is 3.55. The minimum Gasteiger partial charge on any atom is -0.387 e. The molecule has 8 heteroatoms. The molecule has 0 aliphatic carbocycles. The maximum Gasteiger partial charge on any atom is 0.261 e. The van der Waals surface area contributed by atoms with Crippen molar-refractivity contribution in [1.82, 2.24) is 10.3 Å². The molecule has 0 saturated carbocycles. The molecule has 0 amide bonds. The number of aromatic nitrogens is 1. The number of aliphatic hydroxyl groups excluding tert-OH is 1. The molecule has 240 valence electrons. The Kier molecular flexibility index (Phi) is 12.1. The largest absolute Gasteiger partial charge is 0.387 e. The smallest absolute Gasteiger partial charge is 0.261 e. The van der Waals surface area contributed by atoms with Gasteiger partial charge in [-0.25, -0.2) is 13.4 Å². The first-order chi connectivity index (χ1) is 22.4. The summed E-state index contributed by atoms with van der Waals surface area (Å²) in [5, 5.41) is 16.6. The molecule has 1 atom stereocenters. The highest BCUT2D eigenvalue weighted by atomic mass is 32.2. The van der Waals surface area contributed by atoms with Gasteiger partial charge in [-0.2, -0.15) is 0 Å². The molecule has 0 aliphatic heterocycles. The van der Waals surface area contributed by atoms with Crippen LogP contribution in [-0.4, -0.2) is 31.6 Å². The van der Waals surface area contributed by atoms with Crippen LogP contribution in [0.3, 0.4) is 0 Å². The van der Waals surface area contributed by atoms with Gasteiger partial charge in [0.25, 0.3) is 10.0 Å². The van der Waals surface area contributed by atoms with E-state index in [0.717, 1.165) is 45.8 Å². The number of aryl methyl sites for hydroxylation is 1. The van der Waals surface area contributed by atoms with E-state index in [0.29, 0.717) is 25.2 Å². The molecule has 0 bridgehead atoms. The second-order valence-electron chi connectivity index (χ2n) is 11.6. The molecular formula is C38H43N3O3S2. The number of nitrogens with zero attached hydrogens (tertiary/aromatic N) is 1. The van der Waals surface area contributed by atoms with E-state index in [4.69, 9.17) is 4.98 Å². The Morgan fingerprint density at radius 3 is 2.17 bits per heavy atom. The van der Waals surface area contributed by atoms with E-state index in [1.54, 1.807) is 35.6 Å². The number of hydrogen-bond donors (Lipinski definition) is 3. The fourth-order valence-corrected chi connectivity index (χ4v) is 7.20. The molecule has 46 heavy (non-hydrogen) atoms. The van der Waals surface area contributed by atoms with Gasteiger partial charge in [0, 0.05) is 29.6 Å². The van der Waals surface area contributed by atoms with Crippen molar-refractivity contribution < 1.29 is 13.5 Å². The lowest BCUT2D eigenvalue weighted by Crippen LogP contribution is -2.23. The monoisotopic (exact) mass is 653 g/mol. The molecular weight excluding hydrogens is 611 g/mol. The zero-order chi connectivity index (χ0) is 32.2. The Labute approximate surface area is 277 Å². The Morgan fingerprint density at radius 1 is 0.783 bits per heavy atom. The summed E-state index contributed by atoms with van der Waals surface area (Å²) < 4.78 is 28.8. The maximum atomic E-state index is 13.1. The van der Waals surface area contributed by atoms with E-state index in [1.807, 2.05) is 54.6 Å². The van der Waals surface area contributed by atoms with Crippen molar-refractivity contribution in [3.05, 3.63) is 136 Å². The van der Waals surface area contributed by atoms with Crippen LogP contribution in [0.4, 0.5) is 5.69 Å². The van der Waals surface area contributed by atoms with Crippen LogP contribution in [0, 0.1) is 0 Å². The molecule has 0 unspecified atom stereocenters. The molecule has 0 saturated heterocycles. The number of unbranched alkanes of at least 4 members (excludes halogenated alkanes) is 3. The second-order valence-corrected chi connectivity index (χ2v) is 14.3. The summed E-state index contributed by atoms with van der Waals surface area (Å²) in [5.41, 5.74) is 6.96. The van der Waals surface area contributed by atoms with Crippen molar-refractivity contribution in [2.45, 2.75) is 62.9 Å². The van der Waals surface area contributed by atoms with E-state index in [-0.39, 0.29) is 4.90 Å². The van der Waals surface area contributed by atoms with Gasteiger partial charge in [-0.3, -0.25) is 4.72 Å². The summed E-state index contributed by atoms with van der Waals surface area (Å²) in [6.07, 6.45) is 7.06. The Morgan fingerprint density at radius 2 is 1.46 bits per heavy atom. The molecule has 6 nitrogen and oxygen atoms in total. The van der Waals surface area contributed by atoms with E-state index < -0.39 is 16.1 Å². The highest BCUT2D eigenvalue weighted by Gasteiger charge is 2.15. The Bertz CT molecular complexity index is 1740. The first-order valence-corrected chi connectivity index (χ1v) is 18.4. The van der Waals surface area contributed by atoms with Crippen LogP contribution in [0.15, 0.2) is 113 Å². The van der Waals surface area contributed by atoms with Crippen LogP contribution in [0.5, 0.6) is 0 Å². The van der Waals surface area contributed by atoms with Crippen molar-refractivity contribution >= 4 is 27.0 Å². The third-order valence-electron chi connectivity index (χ3n) is 8.03. The number of thiazole rings is 1. The Balaban J connectivity index is 1.08. The molecule has 5 aromatic rings. The normalized spacial score (nSPS) is 12.2. The first kappa shape index (κ1) is 33.5. The van der Waals surface area contributed by atoms with Crippen molar-refractivity contribution in [2.24, 2.45) is 0 Å². The van der Waals surface area contributed by atoms with Gasteiger partial charge in [-0.05, 0) is 72.3 Å². The van der Waals surface area contributed by atoms with Gasteiger partial charge in [0.05, 0.1) is 21.7 Å². The van der Waals surface area contributed by atoms with Gasteiger partial charge in [0.2, 0.25) is 0 Å². The molecule has 0 radical (unpaired) electrons. The third-order valence-corrected chi connectivity index (χ3v) is 10.3. The van der Waals surface area contributed by atoms with Gasteiger partial charge < -0.3 is 10.4 Å². The topological polar surface area (TPSA) is 91.3 Å². The lowest BCUT2D eigenvalue weighted by molar-refractivity contribution is 0.175. The number of nitrogens with one attached hydrogen (secondary N) is 2. The maximum absolute atomic E-state index is 13.1. The summed E-state index contributed by atoms with van der Waals surface area (Å²) in [4.78, 5) is 5.06. The molecule has 3 N–H and O–H groups in total. The molecule has 1 aromatic heterocycles. The predicted octanol–water partition coefficient (Wildman–Crippen LogP) is 8.19. The fraction of sp³-hybridized carbons (Fsp3) is 0.289. The van der Waals surface area contributed by atoms with Crippen LogP contribution in [0.25, 0.3) is 11.3 Å². The number of anilines is 1. The highest BCUT2D eigenvalue weighted by Crippen LogP contribution is 2.25. The number of rotatable bonds is 17. The quantitative estimate of drug-likeness (QED) is 0.0881. The Hall–Kier alpha value is -3.82. The lowest BCUT2D eigenvalue weighted by atomic mass is 10.0. The lowest BCUT2D eigenvalue weighted by Gasteiger charge is -2.12. The molecule has 5 rings (SSSR count). The molecule has 0 fully saturated rings. The zero-order valence-corrected chi connectivity index (χ0v) is 28.0. The highest BCUT2D eigenvalue weighted by molar-refractivity contribution is 7.92. The van der Waals surface area contributed by atoms with Gasteiger partial charge in [-0.1, -0.05) is 105 Å². The van der Waals surface area contributed by atoms with E-state index in [1.165, 1.54) is 31.2 Å². The minimum absolute atomic E-state index is 0.219. The van der Waals surface area contributed by atoms with Crippen LogP contribution in [0.2, 0.25) is 0 Å². The van der Waals surface area contributed by atoms with Gasteiger partial charge in [0.1, 0.15) is 0 Å². The van der Waals surface area contributed by atoms with Crippen LogP contribution in [-0.2, 0) is 29.3 Å². The molecule has 1 heterocycles. The average molecular weight is 654 g/mol. The standard InChI is InChI=1S/C38H43N3O3S2/c1-2-3-4-6-9-29-12-18-32(19-13-29)36-28-45-38(40-36)26-31-16-22-35(23-17-31)46(43,44)41-34-20-14-30(15-21-34)24-25-39-27-37(42)33-10-7-5-8-11-33/h5,7-8,10-23,28,37,39,41-42H,2-4,6,9,24-27H2,1H3/t37-/m0/s1. The third kappa shape index (κ3) is 9.84. The predicted molar refractivity (Wildman–Crippen MR) is 190 cm³/mol. The number of sulfonamides is 1. The second kappa shape index (κ2) is 16.7. The van der Waals surface area contributed by atoms with Gasteiger partial charge in [-0.15, -0.1) is 11.3 Å². The van der Waals surface area contributed by atoms with E-state index >= 15 is 0 Å². The zero-order valence-electron chi connectivity index (χ0n) is 26.4. The van der Waals surface area contributed by atoms with Crippen LogP contribution >= 0.6 is 11.3 Å². The summed E-state index contributed by atoms with van der Waals surface area (Å²) in [6, 6.07) is 32.7. The van der Waals surface area contributed by atoms with Gasteiger partial charge >= 0.3 is 0 Å². The molecule has 0 aliphatic rings. The molecule has 0 spiro atoms. The first-order valence-electron chi connectivity index (χ1n) is 16.1. The molecule has 4 aromatic carbocycles. The van der Waals surface area contributed by atoms with Crippen LogP contribution in [0.1, 0.15) is 66.0 Å². The van der Waals surface area contributed by atoms with E-state index in [9.17, 15) is 13.5 Å². The minimum atomic E-state index is -3.72. The summed E-state index contributed by atoms with van der Waals surface area (Å²) in [5.74, 6) is 0. The fourth-order valence-electron chi connectivity index (χ4n) is 5.30. The van der Waals surface area contributed by atoms with Crippen molar-refractivity contribution in [3.63, 3.8) is 0 Å². The van der Waals surface area contributed by atoms with Crippen LogP contribution < -0.4 is 10.0 Å². The van der Waals surface area contributed by atoms with E-state index in [2.05, 4.69) is 46.6 Å². The van der Waals surface area contributed by atoms with Crippen molar-refractivity contribution in [1.29, 1.82) is 0 Å². The van der Waals surface area contributed by atoms with Gasteiger partial charge in [0.15, 0.2) is 0 Å². The number of benzene rings is 4. The SMILES string of the molecule is CCCCCCc1ccc(-c2csc(Cc3ccc(S(=O)(=O)Nc4ccc(CCNC[C@H](O)c5ccccc5)cc4)cc3)n2)cc1. The number of hydrogen-bond acceptors (Lipinski definition) is 6. The summed E-state index contributed by atoms with van der Waals surface area (Å²) in [6.45, 7) is 3.41. The summed E-state index contributed by atoms with van der Waals surface area (Å²) >= 11 is 1.62. The summed E-state index contributed by atoms with van der Waals surface area (Å²) in [7, 11) is -3.72.